The van der Waals surface area contributed by atoms with Gasteiger partial charge in [0.25, 0.3) is 11.1 Å². The SMILES string of the molecule is COc1cc(/C=C2\SC(=O)N(Cc3cc4c(cc3Cl)OCO4)C2=O)cc(Br)c1OCCOc1ccc(C(C)(C)C)cc1. The largest absolute Gasteiger partial charge is 0.493 e. The van der Waals surface area contributed by atoms with Gasteiger partial charge in [0, 0.05) is 11.1 Å². The van der Waals surface area contributed by atoms with Crippen LogP contribution in [0, 0.1) is 0 Å². The number of carbonyl (C=O) groups is 2. The number of ether oxygens (including phenoxy) is 5. The van der Waals surface area contributed by atoms with Crippen LogP contribution < -0.4 is 23.7 Å². The minimum atomic E-state index is -0.415. The molecule has 5 rings (SSSR count). The second kappa shape index (κ2) is 12.5. The molecule has 2 heterocycles. The van der Waals surface area contributed by atoms with Gasteiger partial charge in [-0.05, 0) is 86.2 Å². The van der Waals surface area contributed by atoms with E-state index in [1.807, 2.05) is 12.1 Å². The third-order valence-electron chi connectivity index (χ3n) is 6.61. The lowest BCUT2D eigenvalue weighted by molar-refractivity contribution is -0.123. The number of thioether (sulfide) groups is 1. The molecule has 42 heavy (non-hydrogen) atoms. The molecule has 1 fully saturated rings. The van der Waals surface area contributed by atoms with E-state index in [1.165, 1.54) is 12.7 Å². The van der Waals surface area contributed by atoms with Gasteiger partial charge in [0.15, 0.2) is 23.0 Å². The summed E-state index contributed by atoms with van der Waals surface area (Å²) in [4.78, 5) is 27.4. The van der Waals surface area contributed by atoms with Gasteiger partial charge in [0.2, 0.25) is 6.79 Å². The van der Waals surface area contributed by atoms with Crippen molar-refractivity contribution in [3.8, 4) is 28.7 Å². The average molecular weight is 675 g/mol. The van der Waals surface area contributed by atoms with Gasteiger partial charge >= 0.3 is 0 Å². The van der Waals surface area contributed by atoms with Crippen LogP contribution in [0.25, 0.3) is 6.08 Å². The Balaban J connectivity index is 1.23. The molecule has 2 aliphatic heterocycles. The number of imide groups is 1. The molecule has 0 saturated carbocycles. The maximum Gasteiger partial charge on any atom is 0.293 e. The standard InChI is InChI=1S/C31H29BrClNO7S/c1-31(2,3)20-5-7-21(8-6-20)38-9-10-39-28-22(32)11-18(12-26(28)37-4)13-27-29(35)34(30(36)42-27)16-19-14-24-25(15-23(19)33)41-17-40-24/h5-8,11-15H,9-10,16-17H2,1-4H3/b27-13-. The Labute approximate surface area is 262 Å². The normalized spacial score (nSPS) is 15.5. The second-order valence-corrected chi connectivity index (χ2v) is 12.8. The van der Waals surface area contributed by atoms with Crippen LogP contribution in [0.5, 0.6) is 28.7 Å². The molecule has 220 valence electrons. The fourth-order valence-corrected chi connectivity index (χ4v) is 5.98. The van der Waals surface area contributed by atoms with Crippen LogP contribution in [0.15, 0.2) is 57.9 Å². The Kier molecular flexibility index (Phi) is 8.96. The number of hydrogen-bond donors (Lipinski definition) is 0. The Bertz CT molecular complexity index is 1550. The molecule has 3 aromatic rings. The number of nitrogens with zero attached hydrogens (tertiary/aromatic N) is 1. The molecule has 0 spiro atoms. The Morgan fingerprint density at radius 1 is 1.02 bits per heavy atom. The van der Waals surface area contributed by atoms with Crippen LogP contribution in [0.4, 0.5) is 4.79 Å². The number of methoxy groups -OCH3 is 1. The number of amides is 2. The van der Waals surface area contributed by atoms with E-state index in [0.29, 0.717) is 50.2 Å². The number of fused-ring (bicyclic) bond motifs is 1. The lowest BCUT2D eigenvalue weighted by atomic mass is 9.87. The monoisotopic (exact) mass is 673 g/mol. The van der Waals surface area contributed by atoms with E-state index in [0.717, 1.165) is 22.4 Å². The van der Waals surface area contributed by atoms with E-state index in [-0.39, 0.29) is 35.5 Å². The van der Waals surface area contributed by atoms with Crippen LogP contribution in [0.1, 0.15) is 37.5 Å². The maximum atomic E-state index is 13.2. The minimum Gasteiger partial charge on any atom is -0.493 e. The summed E-state index contributed by atoms with van der Waals surface area (Å²) in [6, 6.07) is 14.9. The summed E-state index contributed by atoms with van der Waals surface area (Å²) >= 11 is 10.8. The molecule has 0 radical (unpaired) electrons. The van der Waals surface area contributed by atoms with Crippen molar-refractivity contribution in [1.29, 1.82) is 0 Å². The number of rotatable bonds is 9. The van der Waals surface area contributed by atoms with E-state index in [4.69, 9.17) is 35.3 Å². The smallest absolute Gasteiger partial charge is 0.293 e. The lowest BCUT2D eigenvalue weighted by Gasteiger charge is -2.19. The van der Waals surface area contributed by atoms with Crippen molar-refractivity contribution in [3.05, 3.63) is 79.6 Å². The molecule has 0 aliphatic carbocycles. The van der Waals surface area contributed by atoms with E-state index in [2.05, 4.69) is 48.8 Å². The van der Waals surface area contributed by atoms with E-state index >= 15 is 0 Å². The molecule has 0 N–H and O–H groups in total. The van der Waals surface area contributed by atoms with Gasteiger partial charge in [-0.25, -0.2) is 0 Å². The van der Waals surface area contributed by atoms with Crippen molar-refractivity contribution < 1.29 is 33.3 Å². The number of hydrogen-bond acceptors (Lipinski definition) is 8. The van der Waals surface area contributed by atoms with Crippen molar-refractivity contribution in [2.75, 3.05) is 27.1 Å². The van der Waals surface area contributed by atoms with Gasteiger partial charge in [-0.3, -0.25) is 14.5 Å². The summed E-state index contributed by atoms with van der Waals surface area (Å²) in [5.74, 6) is 2.38. The summed E-state index contributed by atoms with van der Waals surface area (Å²) in [5.41, 5.74) is 2.56. The third kappa shape index (κ3) is 6.66. The van der Waals surface area contributed by atoms with Crippen molar-refractivity contribution in [1.82, 2.24) is 4.90 Å². The molecule has 3 aromatic carbocycles. The highest BCUT2D eigenvalue weighted by Gasteiger charge is 2.36. The predicted molar refractivity (Wildman–Crippen MR) is 166 cm³/mol. The Morgan fingerprint density at radius 3 is 2.40 bits per heavy atom. The molecule has 2 aliphatic rings. The van der Waals surface area contributed by atoms with E-state index < -0.39 is 5.91 Å². The highest BCUT2D eigenvalue weighted by molar-refractivity contribution is 9.10. The van der Waals surface area contributed by atoms with Gasteiger partial charge in [0.1, 0.15) is 19.0 Å². The first kappa shape index (κ1) is 30.1. The van der Waals surface area contributed by atoms with Crippen molar-refractivity contribution in [2.24, 2.45) is 0 Å². The first-order valence-corrected chi connectivity index (χ1v) is 15.1. The molecular weight excluding hydrogens is 646 g/mol. The van der Waals surface area contributed by atoms with E-state index in [9.17, 15) is 9.59 Å². The average Bonchev–Trinajstić information content (AvgIpc) is 3.50. The van der Waals surface area contributed by atoms with Crippen LogP contribution in [0.3, 0.4) is 0 Å². The molecular formula is C31H29BrClNO7S. The zero-order valence-electron chi connectivity index (χ0n) is 23.5. The first-order chi connectivity index (χ1) is 20.0. The zero-order chi connectivity index (χ0) is 30.0. The van der Waals surface area contributed by atoms with Gasteiger partial charge in [-0.15, -0.1) is 0 Å². The zero-order valence-corrected chi connectivity index (χ0v) is 26.7. The quantitative estimate of drug-likeness (QED) is 0.168. The van der Waals surface area contributed by atoms with Gasteiger partial charge in [-0.2, -0.15) is 0 Å². The topological polar surface area (TPSA) is 83.5 Å². The molecule has 11 heteroatoms. The van der Waals surface area contributed by atoms with Crippen LogP contribution in [-0.2, 0) is 16.8 Å². The molecule has 8 nitrogen and oxygen atoms in total. The van der Waals surface area contributed by atoms with Crippen molar-refractivity contribution in [2.45, 2.75) is 32.7 Å². The Hall–Kier alpha value is -3.34. The Morgan fingerprint density at radius 2 is 1.71 bits per heavy atom. The predicted octanol–water partition coefficient (Wildman–Crippen LogP) is 7.83. The fourth-order valence-electron chi connectivity index (χ4n) is 4.36. The van der Waals surface area contributed by atoms with E-state index in [1.54, 1.807) is 30.3 Å². The summed E-state index contributed by atoms with van der Waals surface area (Å²) < 4.78 is 28.7. The second-order valence-electron chi connectivity index (χ2n) is 10.6. The number of carbonyl (C=O) groups excluding carboxylic acids is 2. The summed E-state index contributed by atoms with van der Waals surface area (Å²) in [6.07, 6.45) is 1.65. The maximum absolute atomic E-state index is 13.2. The molecule has 0 atom stereocenters. The molecule has 1 saturated heterocycles. The van der Waals surface area contributed by atoms with Gasteiger partial charge in [-0.1, -0.05) is 44.5 Å². The summed E-state index contributed by atoms with van der Waals surface area (Å²) in [6.45, 7) is 7.25. The van der Waals surface area contributed by atoms with Crippen LogP contribution in [0.2, 0.25) is 5.02 Å². The lowest BCUT2D eigenvalue weighted by Crippen LogP contribution is -2.27. The number of halogens is 2. The van der Waals surface area contributed by atoms with Crippen LogP contribution >= 0.6 is 39.3 Å². The van der Waals surface area contributed by atoms with Crippen molar-refractivity contribution >= 4 is 56.5 Å². The van der Waals surface area contributed by atoms with Gasteiger partial charge < -0.3 is 23.7 Å². The molecule has 0 bridgehead atoms. The number of benzene rings is 3. The van der Waals surface area contributed by atoms with Crippen LogP contribution in [-0.4, -0.2) is 43.2 Å². The highest BCUT2D eigenvalue weighted by Crippen LogP contribution is 2.41. The highest BCUT2D eigenvalue weighted by atomic mass is 79.9. The van der Waals surface area contributed by atoms with Crippen molar-refractivity contribution in [3.63, 3.8) is 0 Å². The first-order valence-electron chi connectivity index (χ1n) is 13.1. The van der Waals surface area contributed by atoms with Gasteiger partial charge in [0.05, 0.1) is 23.0 Å². The summed E-state index contributed by atoms with van der Waals surface area (Å²) in [5, 5.41) is -0.00519. The fraction of sp³-hybridized carbons (Fsp3) is 0.290. The molecule has 0 unspecified atom stereocenters. The molecule has 0 aromatic heterocycles. The summed E-state index contributed by atoms with van der Waals surface area (Å²) in [7, 11) is 1.54. The molecule has 2 amide bonds. The third-order valence-corrected chi connectivity index (χ3v) is 8.46. The minimum absolute atomic E-state index is 0.0140.